The highest BCUT2D eigenvalue weighted by molar-refractivity contribution is 5.98. The van der Waals surface area contributed by atoms with E-state index in [9.17, 15) is 24.8 Å². The number of benzene rings is 2. The summed E-state index contributed by atoms with van der Waals surface area (Å²) in [7, 11) is 1.60. The van der Waals surface area contributed by atoms with Crippen LogP contribution in [0.4, 0.5) is 5.69 Å². The number of methoxy groups -OCH3 is 1. The van der Waals surface area contributed by atoms with Crippen LogP contribution < -0.4 is 5.32 Å². The second kappa shape index (κ2) is 11.8. The Balaban J connectivity index is 1.85. The molecular formula is C28H35N3O6. The number of nitrogens with one attached hydrogen (secondary N) is 1. The third-order valence-corrected chi connectivity index (χ3v) is 7.72. The predicted molar refractivity (Wildman–Crippen MR) is 138 cm³/mol. The number of carbonyl (C=O) groups excluding carboxylic acids is 2. The summed E-state index contributed by atoms with van der Waals surface area (Å²) in [6.07, 6.45) is 5.53. The first-order chi connectivity index (χ1) is 17.9. The van der Waals surface area contributed by atoms with Gasteiger partial charge in [0.2, 0.25) is 11.8 Å². The minimum Gasteiger partial charge on any atom is -0.392 e. The lowest BCUT2D eigenvalue weighted by Gasteiger charge is -2.41. The van der Waals surface area contributed by atoms with Crippen LogP contribution in [0.2, 0.25) is 0 Å². The average molecular weight is 510 g/mol. The quantitative estimate of drug-likeness (QED) is 0.286. The Labute approximate surface area is 217 Å². The molecule has 0 radical (unpaired) electrons. The van der Waals surface area contributed by atoms with Crippen LogP contribution in [0.15, 0.2) is 48.5 Å². The lowest BCUT2D eigenvalue weighted by Crippen LogP contribution is -2.50. The molecule has 2 aromatic carbocycles. The lowest BCUT2D eigenvalue weighted by molar-refractivity contribution is -0.384. The van der Waals surface area contributed by atoms with Crippen molar-refractivity contribution in [1.29, 1.82) is 0 Å². The van der Waals surface area contributed by atoms with Crippen molar-refractivity contribution in [2.75, 3.05) is 20.3 Å². The van der Waals surface area contributed by atoms with Crippen LogP contribution in [0.1, 0.15) is 67.7 Å². The number of ether oxygens (including phenoxy) is 1. The zero-order valence-corrected chi connectivity index (χ0v) is 21.2. The number of amides is 2. The molecule has 2 amide bonds. The van der Waals surface area contributed by atoms with E-state index < -0.39 is 16.4 Å². The fourth-order valence-electron chi connectivity index (χ4n) is 5.88. The Kier molecular flexibility index (Phi) is 8.56. The first kappa shape index (κ1) is 26.8. The third kappa shape index (κ3) is 5.38. The molecule has 1 saturated heterocycles. The summed E-state index contributed by atoms with van der Waals surface area (Å²) in [5.41, 5.74) is 0.778. The van der Waals surface area contributed by atoms with Crippen molar-refractivity contribution < 1.29 is 24.4 Å². The average Bonchev–Trinajstić information content (AvgIpc) is 3.25. The highest BCUT2D eigenvalue weighted by Gasteiger charge is 2.59. The number of nitro groups is 1. The second-order valence-electron chi connectivity index (χ2n) is 9.95. The molecule has 2 fully saturated rings. The molecule has 37 heavy (non-hydrogen) atoms. The number of non-ortho nitro benzene ring substituents is 1. The summed E-state index contributed by atoms with van der Waals surface area (Å²) in [6, 6.07) is 12.8. The van der Waals surface area contributed by atoms with Crippen molar-refractivity contribution >= 4 is 17.5 Å². The molecule has 0 spiro atoms. The lowest BCUT2D eigenvalue weighted by atomic mass is 9.70. The maximum Gasteiger partial charge on any atom is 0.269 e. The van der Waals surface area contributed by atoms with Crippen LogP contribution in [0, 0.1) is 10.1 Å². The van der Waals surface area contributed by atoms with Gasteiger partial charge in [0.1, 0.15) is 5.41 Å². The number of nitro benzene ring substituents is 1. The number of hydrogen-bond donors (Lipinski definition) is 2. The number of aliphatic hydroxyl groups excluding tert-OH is 1. The Morgan fingerprint density at radius 3 is 2.41 bits per heavy atom. The SMILES string of the molecule is COCCCNC(=O)[C@@]1(c2ccc([N+](=O)[O-])cc2)CC(=O)N(C2CCCCC2)[C@@H]1c1ccc(CO)cc1. The Morgan fingerprint density at radius 1 is 1.14 bits per heavy atom. The van der Waals surface area contributed by atoms with Crippen LogP contribution in [-0.4, -0.2) is 53.0 Å². The molecule has 0 aromatic heterocycles. The smallest absolute Gasteiger partial charge is 0.269 e. The molecule has 2 aliphatic rings. The van der Waals surface area contributed by atoms with E-state index in [0.717, 1.165) is 43.2 Å². The van der Waals surface area contributed by atoms with Crippen molar-refractivity contribution in [3.05, 3.63) is 75.3 Å². The van der Waals surface area contributed by atoms with Gasteiger partial charge in [0, 0.05) is 44.9 Å². The molecule has 9 heteroatoms. The molecule has 1 heterocycles. The minimum atomic E-state index is -1.27. The number of aliphatic hydroxyl groups is 1. The molecular weight excluding hydrogens is 474 g/mol. The maximum atomic E-state index is 14.1. The van der Waals surface area contributed by atoms with Crippen LogP contribution in [0.25, 0.3) is 0 Å². The van der Waals surface area contributed by atoms with Gasteiger partial charge in [-0.2, -0.15) is 0 Å². The van der Waals surface area contributed by atoms with Gasteiger partial charge in [-0.25, -0.2) is 0 Å². The molecule has 1 aliphatic carbocycles. The van der Waals surface area contributed by atoms with Gasteiger partial charge in [0.25, 0.3) is 5.69 Å². The van der Waals surface area contributed by atoms with Crippen molar-refractivity contribution in [3.63, 3.8) is 0 Å². The predicted octanol–water partition coefficient (Wildman–Crippen LogP) is 3.78. The molecule has 1 saturated carbocycles. The standard InChI is InChI=1S/C28H35N3O6/c1-37-17-5-16-29-27(34)28(22-12-14-24(15-13-22)31(35)36)18-25(33)30(23-6-3-2-4-7-23)26(28)21-10-8-20(19-32)9-11-21/h8-15,23,26,32H,2-7,16-19H2,1H3,(H,29,34)/t26-,28-/m1/s1. The van der Waals surface area contributed by atoms with E-state index in [1.54, 1.807) is 19.2 Å². The molecule has 198 valence electrons. The van der Waals surface area contributed by atoms with E-state index in [1.807, 2.05) is 29.2 Å². The number of rotatable bonds is 10. The molecule has 2 aromatic rings. The summed E-state index contributed by atoms with van der Waals surface area (Å²) in [4.78, 5) is 40.7. The van der Waals surface area contributed by atoms with Gasteiger partial charge in [0.05, 0.1) is 17.6 Å². The highest BCUT2D eigenvalue weighted by Crippen LogP contribution is 2.52. The summed E-state index contributed by atoms with van der Waals surface area (Å²) < 4.78 is 5.12. The van der Waals surface area contributed by atoms with Gasteiger partial charge < -0.3 is 20.1 Å². The van der Waals surface area contributed by atoms with Crippen molar-refractivity contribution in [2.45, 2.75) is 69.1 Å². The zero-order chi connectivity index (χ0) is 26.4. The Hall–Kier alpha value is -3.30. The van der Waals surface area contributed by atoms with Crippen molar-refractivity contribution in [1.82, 2.24) is 10.2 Å². The highest BCUT2D eigenvalue weighted by atomic mass is 16.6. The van der Waals surface area contributed by atoms with Gasteiger partial charge in [-0.3, -0.25) is 19.7 Å². The van der Waals surface area contributed by atoms with Gasteiger partial charge in [-0.05, 0) is 36.0 Å². The van der Waals surface area contributed by atoms with Crippen molar-refractivity contribution in [2.24, 2.45) is 0 Å². The van der Waals surface area contributed by atoms with Crippen molar-refractivity contribution in [3.8, 4) is 0 Å². The fraction of sp³-hybridized carbons (Fsp3) is 0.500. The van der Waals surface area contributed by atoms with E-state index >= 15 is 0 Å². The molecule has 0 unspecified atom stereocenters. The first-order valence-corrected chi connectivity index (χ1v) is 13.0. The normalized spacial score (nSPS) is 22.3. The number of nitrogens with zero attached hydrogens (tertiary/aromatic N) is 2. The van der Waals surface area contributed by atoms with Crippen LogP contribution in [-0.2, 0) is 26.3 Å². The van der Waals surface area contributed by atoms with E-state index in [-0.39, 0.29) is 36.6 Å². The van der Waals surface area contributed by atoms with E-state index in [1.165, 1.54) is 12.1 Å². The third-order valence-electron chi connectivity index (χ3n) is 7.72. The summed E-state index contributed by atoms with van der Waals surface area (Å²) in [5.74, 6) is -0.367. The Bertz CT molecular complexity index is 1100. The summed E-state index contributed by atoms with van der Waals surface area (Å²) >= 11 is 0. The molecule has 4 rings (SSSR count). The van der Waals surface area contributed by atoms with Gasteiger partial charge in [-0.15, -0.1) is 0 Å². The summed E-state index contributed by atoms with van der Waals surface area (Å²) in [6.45, 7) is 0.767. The second-order valence-corrected chi connectivity index (χ2v) is 9.95. The maximum absolute atomic E-state index is 14.1. The van der Waals surface area contributed by atoms with E-state index in [0.29, 0.717) is 25.1 Å². The fourth-order valence-corrected chi connectivity index (χ4v) is 5.88. The van der Waals surface area contributed by atoms with Crippen LogP contribution >= 0.6 is 0 Å². The van der Waals surface area contributed by atoms with Crippen LogP contribution in [0.5, 0.6) is 0 Å². The minimum absolute atomic E-state index is 0.0185. The monoisotopic (exact) mass is 509 g/mol. The van der Waals surface area contributed by atoms with Crippen LogP contribution in [0.3, 0.4) is 0 Å². The molecule has 2 N–H and O–H groups in total. The van der Waals surface area contributed by atoms with E-state index in [2.05, 4.69) is 5.32 Å². The zero-order valence-electron chi connectivity index (χ0n) is 21.2. The number of carbonyl (C=O) groups is 2. The van der Waals surface area contributed by atoms with Gasteiger partial charge >= 0.3 is 0 Å². The number of hydrogen-bond acceptors (Lipinski definition) is 6. The molecule has 0 bridgehead atoms. The molecule has 9 nitrogen and oxygen atoms in total. The number of likely N-dealkylation sites (tertiary alicyclic amines) is 1. The largest absolute Gasteiger partial charge is 0.392 e. The van der Waals surface area contributed by atoms with E-state index in [4.69, 9.17) is 4.74 Å². The van der Waals surface area contributed by atoms with Gasteiger partial charge in [0.15, 0.2) is 0 Å². The molecule has 2 atom stereocenters. The topological polar surface area (TPSA) is 122 Å². The summed E-state index contributed by atoms with van der Waals surface area (Å²) in [5, 5.41) is 23.9. The first-order valence-electron chi connectivity index (χ1n) is 13.0. The Morgan fingerprint density at radius 2 is 1.81 bits per heavy atom. The molecule has 1 aliphatic heterocycles. The van der Waals surface area contributed by atoms with Gasteiger partial charge in [-0.1, -0.05) is 55.7 Å².